The Balaban J connectivity index is 1.85. The summed E-state index contributed by atoms with van der Waals surface area (Å²) in [6, 6.07) is 10.5. The molecule has 0 bridgehead atoms. The van der Waals surface area contributed by atoms with Gasteiger partial charge in [-0.25, -0.2) is 13.1 Å². The second-order valence-electron chi connectivity index (χ2n) is 5.28. The number of hydrogen-bond donors (Lipinski definition) is 1. The number of benzene rings is 1. The predicted molar refractivity (Wildman–Crippen MR) is 94.8 cm³/mol. The number of sulfonamides is 1. The summed E-state index contributed by atoms with van der Waals surface area (Å²) in [4.78, 5) is 1.65. The monoisotopic (exact) mass is 382 g/mol. The summed E-state index contributed by atoms with van der Waals surface area (Å²) < 4.78 is 33.0. The molecule has 2 aromatic heterocycles. The van der Waals surface area contributed by atoms with Crippen LogP contribution in [0.5, 0.6) is 0 Å². The van der Waals surface area contributed by atoms with Gasteiger partial charge in [0.1, 0.15) is 0 Å². The molecule has 5 nitrogen and oxygen atoms in total. The Hall–Kier alpha value is -1.67. The van der Waals surface area contributed by atoms with Crippen LogP contribution in [0.2, 0.25) is 5.02 Å². The van der Waals surface area contributed by atoms with Crippen LogP contribution in [0.15, 0.2) is 45.8 Å². The number of halogens is 1. The molecule has 3 rings (SSSR count). The van der Waals surface area contributed by atoms with E-state index >= 15 is 0 Å². The second kappa shape index (κ2) is 6.68. The molecule has 0 aliphatic heterocycles. The lowest BCUT2D eigenvalue weighted by Crippen LogP contribution is -2.23. The third kappa shape index (κ3) is 3.54. The summed E-state index contributed by atoms with van der Waals surface area (Å²) in [5, 5.41) is 4.36. The van der Waals surface area contributed by atoms with E-state index in [9.17, 15) is 8.42 Å². The number of hydrogen-bond acceptors (Lipinski definition) is 5. The molecule has 0 radical (unpaired) electrons. The lowest BCUT2D eigenvalue weighted by atomic mass is 10.2. The van der Waals surface area contributed by atoms with Gasteiger partial charge in [-0.15, -0.1) is 11.3 Å². The first-order valence-electron chi connectivity index (χ1n) is 7.14. The fourth-order valence-corrected chi connectivity index (χ4v) is 4.97. The van der Waals surface area contributed by atoms with Gasteiger partial charge >= 0.3 is 0 Å². The van der Waals surface area contributed by atoms with Gasteiger partial charge in [0.15, 0.2) is 5.76 Å². The SMILES string of the molecule is Cc1cc(-c2cc(S(=O)(=O)NCc3ccccc3Cl)c(C)s2)on1. The minimum Gasteiger partial charge on any atom is -0.355 e. The maximum Gasteiger partial charge on any atom is 0.241 e. The topological polar surface area (TPSA) is 72.2 Å². The van der Waals surface area contributed by atoms with Gasteiger partial charge in [0.25, 0.3) is 0 Å². The molecule has 2 heterocycles. The average molecular weight is 383 g/mol. The zero-order chi connectivity index (χ0) is 17.3. The van der Waals surface area contributed by atoms with Crippen molar-refractivity contribution in [2.75, 3.05) is 0 Å². The summed E-state index contributed by atoms with van der Waals surface area (Å²) in [7, 11) is -3.65. The van der Waals surface area contributed by atoms with E-state index in [1.54, 1.807) is 37.3 Å². The molecule has 1 aromatic carbocycles. The average Bonchev–Trinajstić information content (AvgIpc) is 3.13. The van der Waals surface area contributed by atoms with Crippen molar-refractivity contribution in [1.29, 1.82) is 0 Å². The van der Waals surface area contributed by atoms with Crippen LogP contribution in [0.3, 0.4) is 0 Å². The van der Waals surface area contributed by atoms with Crippen molar-refractivity contribution in [3.05, 3.63) is 57.6 Å². The van der Waals surface area contributed by atoms with E-state index in [0.29, 0.717) is 15.7 Å². The maximum atomic E-state index is 12.6. The molecule has 0 spiro atoms. The second-order valence-corrected chi connectivity index (χ2v) is 8.68. The van der Waals surface area contributed by atoms with Gasteiger partial charge in [0.05, 0.1) is 15.5 Å². The minimum absolute atomic E-state index is 0.133. The molecule has 0 saturated heterocycles. The number of nitrogens with one attached hydrogen (secondary N) is 1. The smallest absolute Gasteiger partial charge is 0.241 e. The van der Waals surface area contributed by atoms with Crippen LogP contribution in [0.4, 0.5) is 0 Å². The van der Waals surface area contributed by atoms with Crippen LogP contribution in [-0.2, 0) is 16.6 Å². The first-order chi connectivity index (χ1) is 11.4. The Morgan fingerprint density at radius 3 is 2.67 bits per heavy atom. The van der Waals surface area contributed by atoms with E-state index in [-0.39, 0.29) is 11.4 Å². The van der Waals surface area contributed by atoms with E-state index in [0.717, 1.165) is 16.1 Å². The Labute approximate surface area is 149 Å². The Kier molecular flexibility index (Phi) is 4.78. The lowest BCUT2D eigenvalue weighted by molar-refractivity contribution is 0.428. The van der Waals surface area contributed by atoms with Crippen LogP contribution in [-0.4, -0.2) is 13.6 Å². The fourth-order valence-electron chi connectivity index (χ4n) is 2.23. The zero-order valence-electron chi connectivity index (χ0n) is 13.0. The normalized spacial score (nSPS) is 11.8. The van der Waals surface area contributed by atoms with E-state index in [4.69, 9.17) is 16.1 Å². The fraction of sp³-hybridized carbons (Fsp3) is 0.188. The highest BCUT2D eigenvalue weighted by Gasteiger charge is 2.21. The molecule has 24 heavy (non-hydrogen) atoms. The lowest BCUT2D eigenvalue weighted by Gasteiger charge is -2.07. The molecule has 126 valence electrons. The first-order valence-corrected chi connectivity index (χ1v) is 9.82. The Bertz CT molecular complexity index is 977. The summed E-state index contributed by atoms with van der Waals surface area (Å²) in [5.74, 6) is 0.563. The predicted octanol–water partition coefficient (Wildman–Crippen LogP) is 4.15. The largest absolute Gasteiger partial charge is 0.355 e. The van der Waals surface area contributed by atoms with Crippen LogP contribution in [0.1, 0.15) is 16.1 Å². The molecule has 0 amide bonds. The highest BCUT2D eigenvalue weighted by Crippen LogP contribution is 2.33. The van der Waals surface area contributed by atoms with Gasteiger partial charge in [-0.05, 0) is 31.5 Å². The molecule has 1 N–H and O–H groups in total. The van der Waals surface area contributed by atoms with Crippen LogP contribution in [0.25, 0.3) is 10.6 Å². The standard InChI is InChI=1S/C16H15ClN2O3S2/c1-10-7-14(22-19-10)15-8-16(11(2)23-15)24(20,21)18-9-12-5-3-4-6-13(12)17/h3-8,18H,9H2,1-2H3. The van der Waals surface area contributed by atoms with Gasteiger partial charge in [-0.3, -0.25) is 0 Å². The third-order valence-corrected chi connectivity index (χ3v) is 6.53. The molecule has 0 aliphatic rings. The number of thiophene rings is 1. The van der Waals surface area contributed by atoms with Crippen molar-refractivity contribution in [1.82, 2.24) is 9.88 Å². The van der Waals surface area contributed by atoms with E-state index in [1.165, 1.54) is 11.3 Å². The van der Waals surface area contributed by atoms with Gasteiger partial charge in [-0.1, -0.05) is 35.0 Å². The van der Waals surface area contributed by atoms with E-state index in [1.807, 2.05) is 13.0 Å². The molecule has 0 aliphatic carbocycles. The molecule has 0 saturated carbocycles. The summed E-state index contributed by atoms with van der Waals surface area (Å²) in [6.07, 6.45) is 0. The van der Waals surface area contributed by atoms with Crippen molar-refractivity contribution in [2.24, 2.45) is 0 Å². The van der Waals surface area contributed by atoms with Gasteiger partial charge < -0.3 is 4.52 Å². The quantitative estimate of drug-likeness (QED) is 0.719. The molecule has 0 unspecified atom stereocenters. The minimum atomic E-state index is -3.65. The molecular formula is C16H15ClN2O3S2. The summed E-state index contributed by atoms with van der Waals surface area (Å²) in [6.45, 7) is 3.71. The van der Waals surface area contributed by atoms with Crippen molar-refractivity contribution < 1.29 is 12.9 Å². The van der Waals surface area contributed by atoms with Crippen LogP contribution >= 0.6 is 22.9 Å². The van der Waals surface area contributed by atoms with Gasteiger partial charge in [0, 0.05) is 22.5 Å². The summed E-state index contributed by atoms with van der Waals surface area (Å²) >= 11 is 7.42. The maximum absolute atomic E-state index is 12.6. The van der Waals surface area contributed by atoms with Crippen molar-refractivity contribution in [2.45, 2.75) is 25.3 Å². The highest BCUT2D eigenvalue weighted by atomic mass is 35.5. The zero-order valence-corrected chi connectivity index (χ0v) is 15.4. The Morgan fingerprint density at radius 1 is 1.25 bits per heavy atom. The number of aromatic nitrogens is 1. The molecule has 8 heteroatoms. The number of nitrogens with zero attached hydrogens (tertiary/aromatic N) is 1. The molecule has 0 fully saturated rings. The first kappa shape index (κ1) is 17.2. The molecule has 3 aromatic rings. The van der Waals surface area contributed by atoms with Crippen LogP contribution in [0, 0.1) is 13.8 Å². The van der Waals surface area contributed by atoms with Gasteiger partial charge in [-0.2, -0.15) is 0 Å². The number of aryl methyl sites for hydroxylation is 2. The molecular weight excluding hydrogens is 368 g/mol. The molecule has 0 atom stereocenters. The number of rotatable bonds is 5. The van der Waals surface area contributed by atoms with E-state index in [2.05, 4.69) is 9.88 Å². The third-order valence-electron chi connectivity index (χ3n) is 3.44. The van der Waals surface area contributed by atoms with Crippen molar-refractivity contribution in [3.63, 3.8) is 0 Å². The van der Waals surface area contributed by atoms with E-state index < -0.39 is 10.0 Å². The van der Waals surface area contributed by atoms with Crippen molar-refractivity contribution in [3.8, 4) is 10.6 Å². The van der Waals surface area contributed by atoms with Gasteiger partial charge in [0.2, 0.25) is 10.0 Å². The Morgan fingerprint density at radius 2 is 2.00 bits per heavy atom. The summed E-state index contributed by atoms with van der Waals surface area (Å²) in [5.41, 5.74) is 1.47. The van der Waals surface area contributed by atoms with Crippen LogP contribution < -0.4 is 4.72 Å². The highest BCUT2D eigenvalue weighted by molar-refractivity contribution is 7.89. The van der Waals surface area contributed by atoms with Crippen molar-refractivity contribution >= 4 is 33.0 Å².